The van der Waals surface area contributed by atoms with Crippen LogP contribution in [-0.4, -0.2) is 8.42 Å². The molecule has 1 aliphatic rings. The normalized spacial score (nSPS) is 15.1. The topological polar surface area (TPSA) is 46.2 Å². The summed E-state index contributed by atoms with van der Waals surface area (Å²) >= 11 is 0. The first kappa shape index (κ1) is 9.55. The van der Waals surface area contributed by atoms with Crippen LogP contribution in [0.5, 0.6) is 0 Å². The van der Waals surface area contributed by atoms with E-state index in [1.807, 2.05) is 0 Å². The number of allylic oxidation sites excluding steroid dienone is 1. The number of fused-ring (bicyclic) bond motifs is 1. The molecule has 0 saturated heterocycles. The Bertz CT molecular complexity index is 508. The Balaban J connectivity index is 2.53. The highest BCUT2D eigenvalue weighted by atomic mass is 35.7. The minimum atomic E-state index is -3.63. The molecule has 0 amide bonds. The van der Waals surface area contributed by atoms with Gasteiger partial charge in [0.05, 0.1) is 4.90 Å². The van der Waals surface area contributed by atoms with Gasteiger partial charge in [-0.05, 0) is 23.8 Å². The molecule has 0 aliphatic carbocycles. The molecule has 3 nitrogen and oxygen atoms in total. The van der Waals surface area contributed by atoms with Crippen molar-refractivity contribution >= 4 is 25.4 Å². The molecule has 1 aliphatic heterocycles. The second-order valence-corrected chi connectivity index (χ2v) is 5.73. The van der Waals surface area contributed by atoms with E-state index in [-0.39, 0.29) is 4.90 Å². The highest BCUT2D eigenvalue weighted by Crippen LogP contribution is 2.30. The summed E-state index contributed by atoms with van der Waals surface area (Å²) in [5.41, 5.74) is 2.68. The lowest BCUT2D eigenvalue weighted by atomic mass is 10.1. The van der Waals surface area contributed by atoms with Gasteiger partial charge in [-0.3, -0.25) is 0 Å². The van der Waals surface area contributed by atoms with Gasteiger partial charge in [-0.15, -0.1) is 0 Å². The highest BCUT2D eigenvalue weighted by Gasteiger charge is 2.17. The largest absolute Gasteiger partial charge is 0.359 e. The summed E-state index contributed by atoms with van der Waals surface area (Å²) in [4.78, 5) is 0.134. The van der Waals surface area contributed by atoms with Crippen LogP contribution < -0.4 is 5.32 Å². The molecule has 0 atom stereocenters. The van der Waals surface area contributed by atoms with Crippen LogP contribution in [0, 0.1) is 0 Å². The van der Waals surface area contributed by atoms with Crippen molar-refractivity contribution in [2.24, 2.45) is 0 Å². The molecule has 2 rings (SSSR count). The molecule has 0 unspecified atom stereocenters. The highest BCUT2D eigenvalue weighted by molar-refractivity contribution is 8.13. The van der Waals surface area contributed by atoms with E-state index < -0.39 is 9.05 Å². The molecule has 0 fully saturated rings. The number of anilines is 1. The fourth-order valence-electron chi connectivity index (χ4n) is 1.45. The third-order valence-electron chi connectivity index (χ3n) is 2.07. The number of nitrogens with one attached hydrogen (secondary N) is 1. The van der Waals surface area contributed by atoms with Crippen LogP contribution in [0.25, 0.3) is 0 Å². The zero-order chi connectivity index (χ0) is 10.3. The van der Waals surface area contributed by atoms with Gasteiger partial charge in [-0.2, -0.15) is 0 Å². The maximum absolute atomic E-state index is 11.0. The third-order valence-corrected chi connectivity index (χ3v) is 3.43. The van der Waals surface area contributed by atoms with E-state index >= 15 is 0 Å². The molecule has 1 heterocycles. The van der Waals surface area contributed by atoms with E-state index in [4.69, 9.17) is 10.7 Å². The van der Waals surface area contributed by atoms with E-state index in [9.17, 15) is 8.42 Å². The lowest BCUT2D eigenvalue weighted by Gasteiger charge is -2.00. The number of hydrogen-bond donors (Lipinski definition) is 1. The Kier molecular flexibility index (Phi) is 2.05. The standard InChI is InChI=1S/C9H8ClNO2S/c1-6-4-7-5-8(14(10,12)13)2-3-9(7)11-6/h2-3,5,11H,1,4H2. The number of halogens is 1. The molecule has 74 valence electrons. The molecule has 0 saturated carbocycles. The summed E-state index contributed by atoms with van der Waals surface area (Å²) in [6, 6.07) is 4.75. The Hall–Kier alpha value is -1.00. The molecule has 1 N–H and O–H groups in total. The van der Waals surface area contributed by atoms with Crippen molar-refractivity contribution in [2.75, 3.05) is 5.32 Å². The summed E-state index contributed by atoms with van der Waals surface area (Å²) in [5.74, 6) is 0. The zero-order valence-electron chi connectivity index (χ0n) is 7.25. The van der Waals surface area contributed by atoms with Gasteiger partial charge in [-0.1, -0.05) is 6.58 Å². The SMILES string of the molecule is C=C1Cc2cc(S(=O)(=O)Cl)ccc2N1. The lowest BCUT2D eigenvalue weighted by Crippen LogP contribution is -1.91. The minimum absolute atomic E-state index is 0.134. The van der Waals surface area contributed by atoms with Crippen molar-refractivity contribution in [2.45, 2.75) is 11.3 Å². The van der Waals surface area contributed by atoms with Crippen molar-refractivity contribution in [1.82, 2.24) is 0 Å². The fourth-order valence-corrected chi connectivity index (χ4v) is 2.26. The van der Waals surface area contributed by atoms with Crippen LogP contribution in [0.2, 0.25) is 0 Å². The minimum Gasteiger partial charge on any atom is -0.359 e. The number of hydrogen-bond acceptors (Lipinski definition) is 3. The summed E-state index contributed by atoms with van der Waals surface area (Å²) in [5, 5.41) is 3.04. The van der Waals surface area contributed by atoms with E-state index in [2.05, 4.69) is 11.9 Å². The van der Waals surface area contributed by atoms with Crippen molar-refractivity contribution in [3.05, 3.63) is 36.0 Å². The maximum Gasteiger partial charge on any atom is 0.261 e. The first-order chi connectivity index (χ1) is 6.47. The van der Waals surface area contributed by atoms with Crippen molar-refractivity contribution in [3.8, 4) is 0 Å². The van der Waals surface area contributed by atoms with Gasteiger partial charge in [0.2, 0.25) is 0 Å². The van der Waals surface area contributed by atoms with Gasteiger partial charge in [0.1, 0.15) is 0 Å². The van der Waals surface area contributed by atoms with Crippen LogP contribution in [0.4, 0.5) is 5.69 Å². The average molecular weight is 230 g/mol. The Labute approximate surface area is 86.8 Å². The van der Waals surface area contributed by atoms with E-state index in [1.54, 1.807) is 12.1 Å². The van der Waals surface area contributed by atoms with Crippen LogP contribution in [0.15, 0.2) is 35.4 Å². The Morgan fingerprint density at radius 3 is 2.79 bits per heavy atom. The molecular weight excluding hydrogens is 222 g/mol. The van der Waals surface area contributed by atoms with Gasteiger partial charge < -0.3 is 5.32 Å². The van der Waals surface area contributed by atoms with Gasteiger partial charge in [0.15, 0.2) is 0 Å². The Morgan fingerprint density at radius 1 is 1.43 bits per heavy atom. The zero-order valence-corrected chi connectivity index (χ0v) is 8.82. The third kappa shape index (κ3) is 1.63. The quantitative estimate of drug-likeness (QED) is 0.751. The van der Waals surface area contributed by atoms with E-state index in [1.165, 1.54) is 6.07 Å². The van der Waals surface area contributed by atoms with Crippen LogP contribution in [-0.2, 0) is 15.5 Å². The molecule has 14 heavy (non-hydrogen) atoms. The number of benzene rings is 1. The molecule has 1 aromatic carbocycles. The first-order valence-corrected chi connectivity index (χ1v) is 6.30. The van der Waals surface area contributed by atoms with Gasteiger partial charge >= 0.3 is 0 Å². The second kappa shape index (κ2) is 3.00. The lowest BCUT2D eigenvalue weighted by molar-refractivity contribution is 0.609. The summed E-state index contributed by atoms with van der Waals surface area (Å²) in [6.07, 6.45) is 0.648. The van der Waals surface area contributed by atoms with Gasteiger partial charge in [-0.25, -0.2) is 8.42 Å². The van der Waals surface area contributed by atoms with Gasteiger partial charge in [0.25, 0.3) is 9.05 Å². The van der Waals surface area contributed by atoms with E-state index in [0.29, 0.717) is 6.42 Å². The molecule has 0 spiro atoms. The van der Waals surface area contributed by atoms with Crippen LogP contribution in [0.1, 0.15) is 5.56 Å². The molecule has 0 radical (unpaired) electrons. The molecule has 0 aromatic heterocycles. The predicted molar refractivity (Wildman–Crippen MR) is 55.9 cm³/mol. The van der Waals surface area contributed by atoms with Crippen molar-refractivity contribution in [3.63, 3.8) is 0 Å². The molecule has 1 aromatic rings. The smallest absolute Gasteiger partial charge is 0.261 e. The van der Waals surface area contributed by atoms with Gasteiger partial charge in [0, 0.05) is 28.5 Å². The first-order valence-electron chi connectivity index (χ1n) is 3.99. The Morgan fingerprint density at radius 2 is 2.14 bits per heavy atom. The fraction of sp³-hybridized carbons (Fsp3) is 0.111. The summed E-state index contributed by atoms with van der Waals surface area (Å²) in [6.45, 7) is 3.77. The molecular formula is C9H8ClNO2S. The van der Waals surface area contributed by atoms with Crippen LogP contribution in [0.3, 0.4) is 0 Å². The molecule has 0 bridgehead atoms. The monoisotopic (exact) mass is 229 g/mol. The number of rotatable bonds is 1. The second-order valence-electron chi connectivity index (χ2n) is 3.16. The average Bonchev–Trinajstić information content (AvgIpc) is 2.41. The van der Waals surface area contributed by atoms with Crippen LogP contribution >= 0.6 is 10.7 Å². The van der Waals surface area contributed by atoms with Crippen molar-refractivity contribution in [1.29, 1.82) is 0 Å². The summed E-state index contributed by atoms with van der Waals surface area (Å²) < 4.78 is 22.1. The van der Waals surface area contributed by atoms with E-state index in [0.717, 1.165) is 16.9 Å². The summed E-state index contributed by atoms with van der Waals surface area (Å²) in [7, 11) is 1.60. The maximum atomic E-state index is 11.0. The van der Waals surface area contributed by atoms with Crippen molar-refractivity contribution < 1.29 is 8.42 Å². The molecule has 5 heteroatoms. The predicted octanol–water partition coefficient (Wildman–Crippen LogP) is 2.10.